The van der Waals surface area contributed by atoms with E-state index in [1.807, 2.05) is 4.90 Å². The Kier molecular flexibility index (Phi) is 4.02. The maximum absolute atomic E-state index is 11.6. The summed E-state index contributed by atoms with van der Waals surface area (Å²) in [5, 5.41) is 0. The Morgan fingerprint density at radius 2 is 2.00 bits per heavy atom. The van der Waals surface area contributed by atoms with E-state index in [9.17, 15) is 4.79 Å². The molecule has 2 N–H and O–H groups in total. The molecule has 1 aromatic carbocycles. The molecule has 1 aromatic rings. The molecule has 0 saturated carbocycles. The molecule has 1 fully saturated rings. The zero-order chi connectivity index (χ0) is 13.1. The number of hydrogen-bond acceptors (Lipinski definition) is 2. The molecule has 0 aliphatic carbocycles. The largest absolute Gasteiger partial charge is 0.341 e. The van der Waals surface area contributed by atoms with E-state index in [4.69, 9.17) is 5.73 Å². The average Bonchev–Trinajstić information content (AvgIpc) is 2.66. The number of benzene rings is 1. The first-order valence-corrected chi connectivity index (χ1v) is 6.68. The second-order valence-electron chi connectivity index (χ2n) is 5.45. The molecule has 98 valence electrons. The zero-order valence-electron chi connectivity index (χ0n) is 11.2. The molecular formula is C15H22N2O. The van der Waals surface area contributed by atoms with Gasteiger partial charge in [-0.15, -0.1) is 0 Å². The Bertz CT molecular complexity index is 411. The number of carbonyl (C=O) groups is 1. The molecule has 1 amide bonds. The van der Waals surface area contributed by atoms with Crippen molar-refractivity contribution in [3.05, 3.63) is 35.4 Å². The van der Waals surface area contributed by atoms with Crippen LogP contribution >= 0.6 is 0 Å². The van der Waals surface area contributed by atoms with Gasteiger partial charge in [-0.3, -0.25) is 4.79 Å². The molecule has 0 aromatic heterocycles. The van der Waals surface area contributed by atoms with Crippen LogP contribution in [0.25, 0.3) is 0 Å². The van der Waals surface area contributed by atoms with Crippen LogP contribution in [0.3, 0.4) is 0 Å². The van der Waals surface area contributed by atoms with Crippen molar-refractivity contribution in [1.29, 1.82) is 0 Å². The van der Waals surface area contributed by atoms with Gasteiger partial charge in [0.15, 0.2) is 0 Å². The van der Waals surface area contributed by atoms with Gasteiger partial charge in [0.25, 0.3) is 0 Å². The summed E-state index contributed by atoms with van der Waals surface area (Å²) in [6.45, 7) is 5.88. The first kappa shape index (κ1) is 13.1. The molecule has 3 nitrogen and oxygen atoms in total. The summed E-state index contributed by atoms with van der Waals surface area (Å²) in [5.74, 6) is 0.763. The second kappa shape index (κ2) is 5.53. The lowest BCUT2D eigenvalue weighted by molar-refractivity contribution is -0.127. The van der Waals surface area contributed by atoms with E-state index in [-0.39, 0.29) is 11.9 Å². The van der Waals surface area contributed by atoms with Gasteiger partial charge in [-0.25, -0.2) is 0 Å². The summed E-state index contributed by atoms with van der Waals surface area (Å²) in [4.78, 5) is 13.5. The summed E-state index contributed by atoms with van der Waals surface area (Å²) in [5.41, 5.74) is 8.42. The smallest absolute Gasteiger partial charge is 0.224 e. The molecule has 0 radical (unpaired) electrons. The Labute approximate surface area is 109 Å². The minimum Gasteiger partial charge on any atom is -0.341 e. The number of hydrogen-bond donors (Lipinski definition) is 1. The lowest BCUT2D eigenvalue weighted by Crippen LogP contribution is -2.30. The van der Waals surface area contributed by atoms with Crippen molar-refractivity contribution in [1.82, 2.24) is 4.90 Å². The number of likely N-dealkylation sites (tertiary alicyclic amines) is 1. The van der Waals surface area contributed by atoms with E-state index < -0.39 is 0 Å². The number of nitrogens with two attached hydrogens (primary N) is 1. The molecule has 0 bridgehead atoms. The van der Waals surface area contributed by atoms with Crippen LogP contribution in [0, 0.1) is 0 Å². The molecule has 1 saturated heterocycles. The Balaban J connectivity index is 1.88. The number of rotatable bonds is 4. The Morgan fingerprint density at radius 3 is 2.50 bits per heavy atom. The van der Waals surface area contributed by atoms with Gasteiger partial charge in [0.2, 0.25) is 5.91 Å². The predicted molar refractivity (Wildman–Crippen MR) is 73.4 cm³/mol. The molecule has 2 rings (SSSR count). The van der Waals surface area contributed by atoms with Crippen molar-refractivity contribution in [2.45, 2.75) is 38.6 Å². The average molecular weight is 246 g/mol. The fraction of sp³-hybridized carbons (Fsp3) is 0.533. The standard InChI is InChI=1S/C15H22N2O/c1-11(2)13-5-3-12(4-6-13)7-8-17-10-14(16)9-15(17)18/h3-6,11,14H,7-10,16H2,1-2H3. The first-order chi connectivity index (χ1) is 8.56. The van der Waals surface area contributed by atoms with Gasteiger partial charge in [-0.2, -0.15) is 0 Å². The van der Waals surface area contributed by atoms with Crippen LogP contribution in [0.5, 0.6) is 0 Å². The van der Waals surface area contributed by atoms with Crippen LogP contribution in [0.4, 0.5) is 0 Å². The van der Waals surface area contributed by atoms with Crippen LogP contribution in [-0.2, 0) is 11.2 Å². The van der Waals surface area contributed by atoms with Crippen molar-refractivity contribution in [2.24, 2.45) is 5.73 Å². The van der Waals surface area contributed by atoms with E-state index in [1.165, 1.54) is 11.1 Å². The molecule has 1 aliphatic heterocycles. The highest BCUT2D eigenvalue weighted by Gasteiger charge is 2.26. The third-order valence-electron chi connectivity index (χ3n) is 3.56. The molecule has 3 heteroatoms. The second-order valence-corrected chi connectivity index (χ2v) is 5.45. The molecule has 1 aliphatic rings. The zero-order valence-corrected chi connectivity index (χ0v) is 11.2. The van der Waals surface area contributed by atoms with Gasteiger partial charge in [-0.05, 0) is 23.5 Å². The summed E-state index contributed by atoms with van der Waals surface area (Å²) < 4.78 is 0. The maximum atomic E-state index is 11.6. The van der Waals surface area contributed by atoms with Gasteiger partial charge in [-0.1, -0.05) is 38.1 Å². The lowest BCUT2D eigenvalue weighted by atomic mass is 10.0. The molecule has 0 spiro atoms. The minimum atomic E-state index is 0.0285. The third kappa shape index (κ3) is 3.10. The van der Waals surface area contributed by atoms with Gasteiger partial charge in [0, 0.05) is 25.6 Å². The van der Waals surface area contributed by atoms with Crippen molar-refractivity contribution in [2.75, 3.05) is 13.1 Å². The minimum absolute atomic E-state index is 0.0285. The van der Waals surface area contributed by atoms with E-state index in [0.29, 0.717) is 18.9 Å². The third-order valence-corrected chi connectivity index (χ3v) is 3.56. The highest BCUT2D eigenvalue weighted by Crippen LogP contribution is 2.16. The Morgan fingerprint density at radius 1 is 1.33 bits per heavy atom. The van der Waals surface area contributed by atoms with Crippen molar-refractivity contribution in [3.8, 4) is 0 Å². The summed E-state index contributed by atoms with van der Waals surface area (Å²) >= 11 is 0. The number of nitrogens with zero attached hydrogens (tertiary/aromatic N) is 1. The quantitative estimate of drug-likeness (QED) is 0.882. The number of carbonyl (C=O) groups excluding carboxylic acids is 1. The van der Waals surface area contributed by atoms with Gasteiger partial charge in [0.05, 0.1) is 0 Å². The topological polar surface area (TPSA) is 46.3 Å². The van der Waals surface area contributed by atoms with Crippen LogP contribution in [0.15, 0.2) is 24.3 Å². The first-order valence-electron chi connectivity index (χ1n) is 6.68. The summed E-state index contributed by atoms with van der Waals surface area (Å²) in [6, 6.07) is 8.71. The SMILES string of the molecule is CC(C)c1ccc(CCN2CC(N)CC2=O)cc1. The molecule has 1 atom stereocenters. The summed E-state index contributed by atoms with van der Waals surface area (Å²) in [7, 11) is 0. The fourth-order valence-electron chi connectivity index (χ4n) is 2.35. The van der Waals surface area contributed by atoms with Crippen LogP contribution in [0.1, 0.15) is 37.3 Å². The maximum Gasteiger partial charge on any atom is 0.224 e. The van der Waals surface area contributed by atoms with Crippen molar-refractivity contribution < 1.29 is 4.79 Å². The van der Waals surface area contributed by atoms with E-state index in [0.717, 1.165) is 13.0 Å². The highest BCUT2D eigenvalue weighted by molar-refractivity contribution is 5.79. The molecule has 1 unspecified atom stereocenters. The molecule has 18 heavy (non-hydrogen) atoms. The van der Waals surface area contributed by atoms with Crippen molar-refractivity contribution in [3.63, 3.8) is 0 Å². The normalized spacial score (nSPS) is 19.9. The molecule has 1 heterocycles. The fourth-order valence-corrected chi connectivity index (χ4v) is 2.35. The van der Waals surface area contributed by atoms with Gasteiger partial charge >= 0.3 is 0 Å². The van der Waals surface area contributed by atoms with Gasteiger partial charge < -0.3 is 10.6 Å². The van der Waals surface area contributed by atoms with Crippen LogP contribution in [-0.4, -0.2) is 29.9 Å². The molecular weight excluding hydrogens is 224 g/mol. The lowest BCUT2D eigenvalue weighted by Gasteiger charge is -2.16. The van der Waals surface area contributed by atoms with Crippen LogP contribution in [0.2, 0.25) is 0 Å². The number of amides is 1. The van der Waals surface area contributed by atoms with E-state index >= 15 is 0 Å². The monoisotopic (exact) mass is 246 g/mol. The van der Waals surface area contributed by atoms with Crippen LogP contribution < -0.4 is 5.73 Å². The summed E-state index contributed by atoms with van der Waals surface area (Å²) in [6.07, 6.45) is 1.42. The van der Waals surface area contributed by atoms with E-state index in [1.54, 1.807) is 0 Å². The predicted octanol–water partition coefficient (Wildman–Crippen LogP) is 1.91. The highest BCUT2D eigenvalue weighted by atomic mass is 16.2. The van der Waals surface area contributed by atoms with E-state index in [2.05, 4.69) is 38.1 Å². The Hall–Kier alpha value is -1.35. The van der Waals surface area contributed by atoms with Crippen molar-refractivity contribution >= 4 is 5.91 Å². The van der Waals surface area contributed by atoms with Gasteiger partial charge in [0.1, 0.15) is 0 Å².